The van der Waals surface area contributed by atoms with E-state index < -0.39 is 17.1 Å². The lowest BCUT2D eigenvalue weighted by atomic mass is 9.79. The van der Waals surface area contributed by atoms with Crippen molar-refractivity contribution < 1.29 is 22.9 Å². The van der Waals surface area contributed by atoms with Crippen LogP contribution in [0.4, 0.5) is 11.4 Å². The molecule has 0 radical (unpaired) electrons. The van der Waals surface area contributed by atoms with E-state index in [0.717, 1.165) is 5.56 Å². The molecule has 1 aliphatic heterocycles. The third kappa shape index (κ3) is 3.90. The number of nitrogen functional groups attached to an aromatic ring is 1. The van der Waals surface area contributed by atoms with E-state index >= 15 is 0 Å². The molecule has 0 aromatic heterocycles. The van der Waals surface area contributed by atoms with E-state index in [0.29, 0.717) is 22.4 Å². The summed E-state index contributed by atoms with van der Waals surface area (Å²) in [6.45, 7) is 1.74. The van der Waals surface area contributed by atoms with Crippen molar-refractivity contribution >= 4 is 39.8 Å². The maximum absolute atomic E-state index is 12.8. The van der Waals surface area contributed by atoms with E-state index in [9.17, 15) is 18.2 Å². The van der Waals surface area contributed by atoms with E-state index in [1.165, 1.54) is 19.1 Å². The van der Waals surface area contributed by atoms with E-state index in [2.05, 4.69) is 4.72 Å². The quantitative estimate of drug-likeness (QED) is 0.509. The van der Waals surface area contributed by atoms with Crippen LogP contribution in [-0.2, 0) is 32.5 Å². The van der Waals surface area contributed by atoms with Crippen molar-refractivity contribution in [2.24, 2.45) is 0 Å². The minimum absolute atomic E-state index is 0.0312. The van der Waals surface area contributed by atoms with Gasteiger partial charge in [-0.25, -0.2) is 8.42 Å². The SMILES string of the molecule is CC(=O)CCc1cc(N)ccc1S(=O)(=O)Nc1ccc2c(c1)B(O)OC2. The Morgan fingerprint density at radius 3 is 2.81 bits per heavy atom. The summed E-state index contributed by atoms with van der Waals surface area (Å²) >= 11 is 0. The molecule has 26 heavy (non-hydrogen) atoms. The number of nitrogens with one attached hydrogen (secondary N) is 1. The number of hydrogen-bond acceptors (Lipinski definition) is 6. The van der Waals surface area contributed by atoms with Crippen molar-refractivity contribution in [1.29, 1.82) is 0 Å². The van der Waals surface area contributed by atoms with Crippen LogP contribution in [0.3, 0.4) is 0 Å². The molecule has 0 aliphatic carbocycles. The molecule has 136 valence electrons. The lowest BCUT2D eigenvalue weighted by Crippen LogP contribution is -2.28. The molecule has 0 unspecified atom stereocenters. The van der Waals surface area contributed by atoms with Gasteiger partial charge in [-0.15, -0.1) is 0 Å². The number of rotatable bonds is 6. The molecule has 1 heterocycles. The summed E-state index contributed by atoms with van der Waals surface area (Å²) in [5.74, 6) is -0.0312. The Kier molecular flexibility index (Phi) is 5.04. The first-order chi connectivity index (χ1) is 12.3. The number of carbonyl (C=O) groups is 1. The van der Waals surface area contributed by atoms with Gasteiger partial charge in [0.25, 0.3) is 10.0 Å². The van der Waals surface area contributed by atoms with Crippen molar-refractivity contribution in [2.75, 3.05) is 10.5 Å². The third-order valence-electron chi connectivity index (χ3n) is 4.18. The topological polar surface area (TPSA) is 119 Å². The highest BCUT2D eigenvalue weighted by atomic mass is 32.2. The molecule has 0 atom stereocenters. The molecule has 9 heteroatoms. The van der Waals surface area contributed by atoms with Crippen LogP contribution in [0.15, 0.2) is 41.3 Å². The van der Waals surface area contributed by atoms with E-state index in [4.69, 9.17) is 10.4 Å². The standard InChI is InChI=1S/C17H19BN2O5S/c1-11(21)2-3-12-8-14(19)5-7-17(12)26(23,24)20-15-6-4-13-10-25-18(22)16(13)9-15/h4-9,20,22H,2-3,10,19H2,1H3. The first-order valence-corrected chi connectivity index (χ1v) is 9.58. The normalized spacial score (nSPS) is 13.5. The molecule has 0 bridgehead atoms. The number of nitrogens with two attached hydrogens (primary N) is 1. The number of fused-ring (bicyclic) bond motifs is 1. The van der Waals surface area contributed by atoms with Gasteiger partial charge in [0.15, 0.2) is 0 Å². The van der Waals surface area contributed by atoms with E-state index in [-0.39, 0.29) is 30.1 Å². The Hall–Kier alpha value is -2.36. The summed E-state index contributed by atoms with van der Waals surface area (Å²) < 4.78 is 33.3. The Bertz CT molecular complexity index is 962. The van der Waals surface area contributed by atoms with Crippen LogP contribution in [0.5, 0.6) is 0 Å². The molecule has 2 aromatic rings. The minimum Gasteiger partial charge on any atom is -0.423 e. The molecule has 7 nitrogen and oxygen atoms in total. The molecule has 0 amide bonds. The number of benzene rings is 2. The van der Waals surface area contributed by atoms with Crippen LogP contribution in [-0.4, -0.2) is 26.3 Å². The summed E-state index contributed by atoms with van der Waals surface area (Å²) in [6, 6.07) is 9.38. The van der Waals surface area contributed by atoms with Crippen molar-refractivity contribution in [3.8, 4) is 0 Å². The molecule has 0 spiro atoms. The average Bonchev–Trinajstić information content (AvgIpc) is 2.93. The van der Waals surface area contributed by atoms with Gasteiger partial charge in [0.2, 0.25) is 0 Å². The van der Waals surface area contributed by atoms with Gasteiger partial charge in [0, 0.05) is 17.8 Å². The van der Waals surface area contributed by atoms with Gasteiger partial charge in [-0.05, 0) is 60.3 Å². The Morgan fingerprint density at radius 1 is 1.31 bits per heavy atom. The lowest BCUT2D eigenvalue weighted by Gasteiger charge is -2.13. The molecule has 0 saturated heterocycles. The molecule has 0 fully saturated rings. The number of ketones is 1. The van der Waals surface area contributed by atoms with Gasteiger partial charge in [-0.2, -0.15) is 0 Å². The summed E-state index contributed by atoms with van der Waals surface area (Å²) in [5.41, 5.74) is 8.36. The zero-order valence-electron chi connectivity index (χ0n) is 14.2. The van der Waals surface area contributed by atoms with Gasteiger partial charge in [0.1, 0.15) is 5.78 Å². The fourth-order valence-corrected chi connectivity index (χ4v) is 4.16. The van der Waals surface area contributed by atoms with Gasteiger partial charge in [-0.1, -0.05) is 6.07 Å². The van der Waals surface area contributed by atoms with Crippen LogP contribution in [0.25, 0.3) is 0 Å². The number of aryl methyl sites for hydroxylation is 1. The smallest absolute Gasteiger partial charge is 0.423 e. The van der Waals surface area contributed by atoms with Crippen LogP contribution < -0.4 is 15.9 Å². The number of anilines is 2. The molecule has 3 rings (SSSR count). The second kappa shape index (κ2) is 7.10. The van der Waals surface area contributed by atoms with Gasteiger partial charge < -0.3 is 20.2 Å². The van der Waals surface area contributed by atoms with Crippen molar-refractivity contribution in [2.45, 2.75) is 31.3 Å². The first-order valence-electron chi connectivity index (χ1n) is 8.09. The van der Waals surface area contributed by atoms with Crippen LogP contribution in [0.2, 0.25) is 0 Å². The van der Waals surface area contributed by atoms with Crippen molar-refractivity contribution in [3.05, 3.63) is 47.5 Å². The highest BCUT2D eigenvalue weighted by molar-refractivity contribution is 7.92. The second-order valence-electron chi connectivity index (χ2n) is 6.25. The maximum atomic E-state index is 12.8. The van der Waals surface area contributed by atoms with Gasteiger partial charge >= 0.3 is 7.12 Å². The predicted molar refractivity (Wildman–Crippen MR) is 99.5 cm³/mol. The lowest BCUT2D eigenvalue weighted by molar-refractivity contribution is -0.116. The zero-order valence-corrected chi connectivity index (χ0v) is 15.0. The summed E-state index contributed by atoms with van der Waals surface area (Å²) in [6.07, 6.45) is 0.516. The van der Waals surface area contributed by atoms with Gasteiger partial charge in [-0.3, -0.25) is 4.72 Å². The zero-order chi connectivity index (χ0) is 18.9. The summed E-state index contributed by atoms with van der Waals surface area (Å²) in [4.78, 5) is 11.3. The molecule has 1 aliphatic rings. The van der Waals surface area contributed by atoms with Crippen molar-refractivity contribution in [1.82, 2.24) is 0 Å². The van der Waals surface area contributed by atoms with Crippen LogP contribution >= 0.6 is 0 Å². The first kappa shape index (κ1) is 18.4. The fraction of sp³-hybridized carbons (Fsp3) is 0.235. The minimum atomic E-state index is -3.88. The summed E-state index contributed by atoms with van der Waals surface area (Å²) in [5, 5.41) is 9.77. The highest BCUT2D eigenvalue weighted by Gasteiger charge is 2.28. The molecule has 4 N–H and O–H groups in total. The van der Waals surface area contributed by atoms with E-state index in [1.54, 1.807) is 24.3 Å². The average molecular weight is 374 g/mol. The Balaban J connectivity index is 1.91. The third-order valence-corrected chi connectivity index (χ3v) is 5.66. The molecule has 0 saturated carbocycles. The highest BCUT2D eigenvalue weighted by Crippen LogP contribution is 2.24. The molecular formula is C17H19BN2O5S. The molecular weight excluding hydrogens is 355 g/mol. The second-order valence-corrected chi connectivity index (χ2v) is 7.90. The Morgan fingerprint density at radius 2 is 2.08 bits per heavy atom. The largest absolute Gasteiger partial charge is 0.491 e. The monoisotopic (exact) mass is 374 g/mol. The molecule has 2 aromatic carbocycles. The van der Waals surface area contributed by atoms with Gasteiger partial charge in [0.05, 0.1) is 11.5 Å². The number of sulfonamides is 1. The fourth-order valence-electron chi connectivity index (χ4n) is 2.86. The predicted octanol–water partition coefficient (Wildman–Crippen LogP) is 0.809. The van der Waals surface area contributed by atoms with Crippen LogP contribution in [0, 0.1) is 0 Å². The Labute approximate surface area is 152 Å². The summed E-state index contributed by atoms with van der Waals surface area (Å²) in [7, 11) is -4.94. The van der Waals surface area contributed by atoms with Crippen LogP contribution in [0.1, 0.15) is 24.5 Å². The van der Waals surface area contributed by atoms with Crippen molar-refractivity contribution in [3.63, 3.8) is 0 Å². The number of carbonyl (C=O) groups excluding carboxylic acids is 1. The number of hydrogen-bond donors (Lipinski definition) is 3. The number of Topliss-reactive ketones (excluding diaryl/α,β-unsaturated/α-hetero) is 1. The van der Waals surface area contributed by atoms with E-state index in [1.807, 2.05) is 0 Å². The maximum Gasteiger partial charge on any atom is 0.491 e.